The maximum absolute atomic E-state index is 7.36. The molecule has 6 nitrogen and oxygen atoms in total. The van der Waals surface area contributed by atoms with Gasteiger partial charge in [-0.05, 0) is 104 Å². The van der Waals surface area contributed by atoms with Crippen LogP contribution in [-0.2, 0) is 0 Å². The molecule has 3 fully saturated rings. The van der Waals surface area contributed by atoms with Crippen LogP contribution in [0.15, 0.2) is 162 Å². The standard InChI is InChI=1S/C50H40O6P2/c1-49(2)34-28-43(49)50(3,56-58-53-41-26-22-32-14-6-10-18-37(32)47(41)48-38-19-11-7-15-33(38)23-27-42(48)54-58)44(29-34)55-57-51-39-24-20-30-12-4-8-16-35(30)45(39)46-36-17-9-5-13-31(36)21-25-40(46)52-57/h4-27,34,43-44H,28-29H2,1-3H3/t34-,43-,44+,50-/m1/s1. The fraction of sp³-hybridized carbons (Fsp3) is 0.200. The maximum Gasteiger partial charge on any atom is 0.388 e. The van der Waals surface area contributed by atoms with Gasteiger partial charge in [-0.3, -0.25) is 9.05 Å². The van der Waals surface area contributed by atoms with Crippen molar-refractivity contribution in [3.63, 3.8) is 0 Å². The van der Waals surface area contributed by atoms with Crippen LogP contribution in [0.3, 0.4) is 0 Å². The fourth-order valence-corrected chi connectivity index (χ4v) is 13.0. The molecule has 2 aromatic heterocycles. The molecule has 3 aliphatic rings. The lowest BCUT2D eigenvalue weighted by atomic mass is 9.43. The summed E-state index contributed by atoms with van der Waals surface area (Å²) in [7, 11) is -3.83. The summed E-state index contributed by atoms with van der Waals surface area (Å²) >= 11 is 0. The first-order valence-electron chi connectivity index (χ1n) is 20.1. The Bertz CT molecular complexity index is 3210. The number of hydrogen-bond donors (Lipinski definition) is 0. The van der Waals surface area contributed by atoms with Gasteiger partial charge in [0.2, 0.25) is 0 Å². The molecule has 3 saturated carbocycles. The summed E-state index contributed by atoms with van der Waals surface area (Å²) in [6.45, 7) is 6.92. The highest BCUT2D eigenvalue weighted by molar-refractivity contribution is 7.32. The van der Waals surface area contributed by atoms with Crippen LogP contribution >= 0.6 is 16.5 Å². The van der Waals surface area contributed by atoms with E-state index in [0.717, 1.165) is 99.8 Å². The minimum Gasteiger partial charge on any atom is -0.399 e. The van der Waals surface area contributed by atoms with E-state index in [0.29, 0.717) is 5.92 Å². The smallest absolute Gasteiger partial charge is 0.388 e. The molecule has 8 heteroatoms. The van der Waals surface area contributed by atoms with Crippen molar-refractivity contribution in [1.29, 1.82) is 0 Å². The molecule has 0 amide bonds. The first-order chi connectivity index (χ1) is 28.3. The van der Waals surface area contributed by atoms with Gasteiger partial charge in [0.25, 0.3) is 0 Å². The second-order valence-electron chi connectivity index (χ2n) is 16.9. The van der Waals surface area contributed by atoms with E-state index in [-0.39, 0.29) is 17.4 Å². The van der Waals surface area contributed by atoms with E-state index in [4.69, 9.17) is 25.8 Å². The monoisotopic (exact) mass is 798 g/mol. The average molecular weight is 799 g/mol. The van der Waals surface area contributed by atoms with Crippen molar-refractivity contribution < 1.29 is 25.8 Å². The van der Waals surface area contributed by atoms with Gasteiger partial charge in [-0.15, -0.1) is 0 Å². The van der Waals surface area contributed by atoms with Crippen molar-refractivity contribution in [2.75, 3.05) is 0 Å². The van der Waals surface area contributed by atoms with E-state index < -0.39 is 22.1 Å². The zero-order valence-electron chi connectivity index (χ0n) is 32.3. The van der Waals surface area contributed by atoms with Gasteiger partial charge in [-0.1, -0.05) is 135 Å². The third kappa shape index (κ3) is 5.12. The molecule has 0 N–H and O–H groups in total. The van der Waals surface area contributed by atoms with Crippen LogP contribution < -0.4 is 9.05 Å². The quantitative estimate of drug-likeness (QED) is 0.177. The van der Waals surface area contributed by atoms with E-state index in [1.54, 1.807) is 0 Å². The van der Waals surface area contributed by atoms with Gasteiger partial charge in [-0.2, -0.15) is 0 Å². The highest BCUT2D eigenvalue weighted by Crippen LogP contribution is 2.65. The van der Waals surface area contributed by atoms with Gasteiger partial charge in [0, 0.05) is 21.5 Å². The molecular formula is C50H40O6P2. The largest absolute Gasteiger partial charge is 0.399 e. The van der Waals surface area contributed by atoms with Crippen LogP contribution in [0, 0.1) is 17.3 Å². The summed E-state index contributed by atoms with van der Waals surface area (Å²) in [4.78, 5) is 0. The first-order valence-corrected chi connectivity index (χ1v) is 22.3. The Morgan fingerprint density at radius 1 is 0.448 bits per heavy atom. The molecule has 13 rings (SSSR count). The lowest BCUT2D eigenvalue weighted by Gasteiger charge is -2.65. The molecular weight excluding hydrogens is 758 g/mol. The fourth-order valence-electron chi connectivity index (χ4n) is 10.4. The van der Waals surface area contributed by atoms with E-state index in [2.05, 4.69) is 166 Å². The lowest BCUT2D eigenvalue weighted by molar-refractivity contribution is -0.208. The number of hydrogen-bond acceptors (Lipinski definition) is 6. The molecule has 0 spiro atoms. The Balaban J connectivity index is 1.05. The van der Waals surface area contributed by atoms with Crippen LogP contribution in [0.25, 0.3) is 87.0 Å². The SMILES string of the molecule is CC1(C)[C@H]2C[C@H](Op3oc4ccc5ccccc5c4c4c(ccc5ccccc54)o3)[C@](C)(Op3oc4ccc5ccccc5c4c4c(ccc5ccccc54)o3)[C@@H]1C2. The lowest BCUT2D eigenvalue weighted by Crippen LogP contribution is -2.69. The summed E-state index contributed by atoms with van der Waals surface area (Å²) in [5.74, 6) is 0.653. The van der Waals surface area contributed by atoms with E-state index >= 15 is 0 Å². The number of benzene rings is 8. The Hall–Kier alpha value is -5.48. The zero-order chi connectivity index (χ0) is 38.8. The van der Waals surface area contributed by atoms with Crippen molar-refractivity contribution in [3.05, 3.63) is 146 Å². The summed E-state index contributed by atoms with van der Waals surface area (Å²) in [6.07, 6.45) is 1.48. The van der Waals surface area contributed by atoms with Crippen molar-refractivity contribution in [2.24, 2.45) is 17.3 Å². The van der Waals surface area contributed by atoms with E-state index in [1.807, 2.05) is 0 Å². The van der Waals surface area contributed by atoms with Crippen molar-refractivity contribution in [3.8, 4) is 0 Å². The molecule has 2 bridgehead atoms. The summed E-state index contributed by atoms with van der Waals surface area (Å²) < 4.78 is 42.2. The van der Waals surface area contributed by atoms with Crippen LogP contribution in [-0.4, -0.2) is 11.7 Å². The van der Waals surface area contributed by atoms with Gasteiger partial charge >= 0.3 is 16.5 Å². The van der Waals surface area contributed by atoms with Gasteiger partial charge in [0.1, 0.15) is 34.0 Å². The minimum atomic E-state index is -1.93. The highest BCUT2D eigenvalue weighted by Gasteiger charge is 2.66. The van der Waals surface area contributed by atoms with Gasteiger partial charge in [-0.25, -0.2) is 0 Å². The predicted octanol–water partition coefficient (Wildman–Crippen LogP) is 15.3. The topological polar surface area (TPSA) is 71.0 Å². The predicted molar refractivity (Wildman–Crippen MR) is 238 cm³/mol. The molecule has 286 valence electrons. The second-order valence-corrected chi connectivity index (χ2v) is 18.9. The van der Waals surface area contributed by atoms with Crippen LogP contribution in [0.2, 0.25) is 0 Å². The molecule has 3 aliphatic carbocycles. The molecule has 4 atom stereocenters. The molecule has 0 aliphatic heterocycles. The Kier molecular flexibility index (Phi) is 7.60. The molecule has 0 radical (unpaired) electrons. The molecule has 10 aromatic rings. The summed E-state index contributed by atoms with van der Waals surface area (Å²) in [5.41, 5.74) is 2.23. The molecule has 2 heterocycles. The Morgan fingerprint density at radius 2 is 0.810 bits per heavy atom. The van der Waals surface area contributed by atoms with E-state index in [1.165, 1.54) is 0 Å². The summed E-state index contributed by atoms with van der Waals surface area (Å²) in [6, 6.07) is 50.6. The van der Waals surface area contributed by atoms with Gasteiger partial charge < -0.3 is 16.8 Å². The van der Waals surface area contributed by atoms with Crippen LogP contribution in [0.4, 0.5) is 0 Å². The van der Waals surface area contributed by atoms with Crippen molar-refractivity contribution >= 4 is 103 Å². The van der Waals surface area contributed by atoms with E-state index in [9.17, 15) is 0 Å². The normalized spacial score (nSPS) is 21.4. The van der Waals surface area contributed by atoms with Gasteiger partial charge in [0.05, 0.1) is 0 Å². The second kappa shape index (κ2) is 12.8. The summed E-state index contributed by atoms with van der Waals surface area (Å²) in [5, 5.41) is 13.1. The average Bonchev–Trinajstić information content (AvgIpc) is 3.51. The van der Waals surface area contributed by atoms with Crippen molar-refractivity contribution in [2.45, 2.75) is 45.3 Å². The maximum atomic E-state index is 7.36. The first kappa shape index (κ1) is 34.6. The molecule has 58 heavy (non-hydrogen) atoms. The zero-order valence-corrected chi connectivity index (χ0v) is 34.1. The number of rotatable bonds is 4. The molecule has 8 aromatic carbocycles. The third-order valence-corrected chi connectivity index (χ3v) is 15.9. The Morgan fingerprint density at radius 3 is 1.19 bits per heavy atom. The van der Waals surface area contributed by atoms with Crippen LogP contribution in [0.1, 0.15) is 33.6 Å². The third-order valence-electron chi connectivity index (χ3n) is 13.5. The number of fused-ring (bicyclic) bond motifs is 16. The Labute approximate surface area is 336 Å². The van der Waals surface area contributed by atoms with Crippen molar-refractivity contribution in [1.82, 2.24) is 0 Å². The molecule has 0 unspecified atom stereocenters. The van der Waals surface area contributed by atoms with Gasteiger partial charge in [0.15, 0.2) is 0 Å². The highest BCUT2D eigenvalue weighted by atomic mass is 31.1. The molecule has 0 saturated heterocycles. The van der Waals surface area contributed by atoms with Crippen LogP contribution in [0.5, 0.6) is 0 Å². The minimum absolute atomic E-state index is 0.0352.